The smallest absolute Gasteiger partial charge is 0.306 e. The molecule has 0 fully saturated rings. The second-order valence-electron chi connectivity index (χ2n) is 23.1. The van der Waals surface area contributed by atoms with Crippen LogP contribution < -0.4 is 0 Å². The first-order chi connectivity index (χ1) is 38.0. The number of esters is 3. The zero-order valence-electron chi connectivity index (χ0n) is 51.7. The van der Waals surface area contributed by atoms with Crippen LogP contribution in [0.4, 0.5) is 0 Å². The number of hydrogen-bond donors (Lipinski definition) is 0. The average molecular weight is 1080 g/mol. The minimum atomic E-state index is -0.778. The molecule has 1 atom stereocenters. The summed E-state index contributed by atoms with van der Waals surface area (Å²) in [4.78, 5) is 38.4. The van der Waals surface area contributed by atoms with Crippen molar-refractivity contribution in [3.8, 4) is 0 Å². The van der Waals surface area contributed by atoms with Crippen molar-refractivity contribution in [3.05, 3.63) is 48.6 Å². The summed E-state index contributed by atoms with van der Waals surface area (Å²) in [6.45, 7) is 6.66. The Balaban J connectivity index is 4.25. The standard InChI is InChI=1S/C71H130O6/c1-4-7-10-13-16-19-22-25-28-30-32-33-34-35-36-37-38-39-40-42-43-46-49-52-55-58-61-64-70(73)76-67-68(66-75-69(72)63-60-57-54-51-48-45-27-24-21-18-15-12-9-6-3)77-71(74)65-62-59-56-53-50-47-44-41-31-29-26-23-20-17-14-11-8-5-2/h22,24-25,27,29-32,68H,4-21,23,26,28,33-67H2,1-3H3/b25-22-,27-24-,31-29-,32-30-. The maximum absolute atomic E-state index is 12.9. The molecule has 0 bridgehead atoms. The van der Waals surface area contributed by atoms with Gasteiger partial charge in [0.2, 0.25) is 0 Å². The number of rotatable bonds is 63. The van der Waals surface area contributed by atoms with Crippen LogP contribution in [0.15, 0.2) is 48.6 Å². The van der Waals surface area contributed by atoms with Crippen molar-refractivity contribution in [2.75, 3.05) is 13.2 Å². The monoisotopic (exact) mass is 1080 g/mol. The molecular formula is C71H130O6. The van der Waals surface area contributed by atoms with Crippen LogP contribution in [0.3, 0.4) is 0 Å². The number of carbonyl (C=O) groups is 3. The molecular weight excluding hydrogens is 949 g/mol. The molecule has 6 heteroatoms. The number of allylic oxidation sites excluding steroid dienone is 8. The molecule has 0 radical (unpaired) electrons. The predicted molar refractivity (Wildman–Crippen MR) is 335 cm³/mol. The first kappa shape index (κ1) is 74.4. The molecule has 0 aromatic carbocycles. The largest absolute Gasteiger partial charge is 0.462 e. The van der Waals surface area contributed by atoms with E-state index in [4.69, 9.17) is 14.2 Å². The zero-order chi connectivity index (χ0) is 55.7. The lowest BCUT2D eigenvalue weighted by molar-refractivity contribution is -0.167. The maximum atomic E-state index is 12.9. The second kappa shape index (κ2) is 65.9. The van der Waals surface area contributed by atoms with Gasteiger partial charge in [0.1, 0.15) is 13.2 Å². The summed E-state index contributed by atoms with van der Waals surface area (Å²) in [7, 11) is 0. The Labute approximate surface area is 479 Å². The van der Waals surface area contributed by atoms with E-state index in [1.165, 1.54) is 257 Å². The summed E-state index contributed by atoms with van der Waals surface area (Å²) in [5.74, 6) is -0.865. The lowest BCUT2D eigenvalue weighted by atomic mass is 10.0. The van der Waals surface area contributed by atoms with Gasteiger partial charge in [-0.15, -0.1) is 0 Å². The van der Waals surface area contributed by atoms with Gasteiger partial charge in [0, 0.05) is 19.3 Å². The molecule has 1 unspecified atom stereocenters. The molecule has 0 amide bonds. The molecule has 0 rings (SSSR count). The third-order valence-electron chi connectivity index (χ3n) is 15.3. The summed E-state index contributed by atoms with van der Waals surface area (Å²) >= 11 is 0. The van der Waals surface area contributed by atoms with E-state index in [0.29, 0.717) is 19.3 Å². The predicted octanol–water partition coefficient (Wildman–Crippen LogP) is 23.3. The van der Waals surface area contributed by atoms with E-state index in [-0.39, 0.29) is 31.1 Å². The Morgan fingerprint density at radius 3 is 0.727 bits per heavy atom. The Morgan fingerprint density at radius 2 is 0.468 bits per heavy atom. The highest BCUT2D eigenvalue weighted by atomic mass is 16.6. The van der Waals surface area contributed by atoms with E-state index < -0.39 is 6.10 Å². The van der Waals surface area contributed by atoms with Gasteiger partial charge < -0.3 is 14.2 Å². The summed E-state index contributed by atoms with van der Waals surface area (Å²) in [6, 6.07) is 0. The minimum Gasteiger partial charge on any atom is -0.462 e. The van der Waals surface area contributed by atoms with Gasteiger partial charge in [0.25, 0.3) is 0 Å². The highest BCUT2D eigenvalue weighted by molar-refractivity contribution is 5.71. The third kappa shape index (κ3) is 64.1. The molecule has 0 N–H and O–H groups in total. The highest BCUT2D eigenvalue weighted by Crippen LogP contribution is 2.17. The number of hydrogen-bond acceptors (Lipinski definition) is 6. The Bertz CT molecular complexity index is 1330. The zero-order valence-corrected chi connectivity index (χ0v) is 51.7. The molecule has 6 nitrogen and oxygen atoms in total. The topological polar surface area (TPSA) is 78.9 Å². The average Bonchev–Trinajstić information content (AvgIpc) is 3.43. The number of ether oxygens (including phenoxy) is 3. The number of carbonyl (C=O) groups excluding carboxylic acids is 3. The molecule has 0 aromatic rings. The summed E-state index contributed by atoms with van der Waals surface area (Å²) in [5.41, 5.74) is 0. The van der Waals surface area contributed by atoms with Gasteiger partial charge in [0.15, 0.2) is 6.10 Å². The van der Waals surface area contributed by atoms with Gasteiger partial charge in [-0.25, -0.2) is 0 Å². The van der Waals surface area contributed by atoms with Gasteiger partial charge in [-0.1, -0.05) is 294 Å². The van der Waals surface area contributed by atoms with Crippen molar-refractivity contribution in [2.24, 2.45) is 0 Å². The first-order valence-corrected chi connectivity index (χ1v) is 34.1. The van der Waals surface area contributed by atoms with Crippen molar-refractivity contribution >= 4 is 17.9 Å². The summed E-state index contributed by atoms with van der Waals surface area (Å²) in [5, 5.41) is 0. The lowest BCUT2D eigenvalue weighted by Gasteiger charge is -2.18. The van der Waals surface area contributed by atoms with Gasteiger partial charge >= 0.3 is 17.9 Å². The van der Waals surface area contributed by atoms with Gasteiger partial charge in [-0.05, 0) is 103 Å². The molecule has 0 aliphatic rings. The summed E-state index contributed by atoms with van der Waals surface area (Å²) < 4.78 is 17.0. The molecule has 0 aromatic heterocycles. The Hall–Kier alpha value is -2.63. The van der Waals surface area contributed by atoms with Crippen LogP contribution >= 0.6 is 0 Å². The van der Waals surface area contributed by atoms with Crippen LogP contribution in [-0.4, -0.2) is 37.2 Å². The van der Waals surface area contributed by atoms with Crippen LogP contribution in [0.1, 0.15) is 367 Å². The minimum absolute atomic E-state index is 0.0743. The molecule has 0 aliphatic carbocycles. The van der Waals surface area contributed by atoms with E-state index in [0.717, 1.165) is 70.6 Å². The van der Waals surface area contributed by atoms with Gasteiger partial charge in [-0.3, -0.25) is 14.4 Å². The van der Waals surface area contributed by atoms with Crippen molar-refractivity contribution in [1.29, 1.82) is 0 Å². The quantitative estimate of drug-likeness (QED) is 0.0261. The second-order valence-corrected chi connectivity index (χ2v) is 23.1. The van der Waals surface area contributed by atoms with Crippen molar-refractivity contribution in [2.45, 2.75) is 374 Å². The molecule has 0 aliphatic heterocycles. The fraction of sp³-hybridized carbons (Fsp3) is 0.845. The SMILES string of the molecule is CCCCCCC/C=C\C/C=C\CCCCCCCCCCCCCCCCCC(=O)OCC(COC(=O)CCCCCCC/C=C\CCCCCCC)OC(=O)CCCCCCCCC/C=C\CCCCCCCCC. The van der Waals surface area contributed by atoms with Gasteiger partial charge in [0.05, 0.1) is 0 Å². The third-order valence-corrected chi connectivity index (χ3v) is 15.3. The van der Waals surface area contributed by atoms with E-state index in [2.05, 4.69) is 69.4 Å². The fourth-order valence-electron chi connectivity index (χ4n) is 10.1. The molecule has 0 spiro atoms. The molecule has 77 heavy (non-hydrogen) atoms. The fourth-order valence-corrected chi connectivity index (χ4v) is 10.1. The Kier molecular flexibility index (Phi) is 63.6. The van der Waals surface area contributed by atoms with E-state index >= 15 is 0 Å². The van der Waals surface area contributed by atoms with Crippen molar-refractivity contribution in [1.82, 2.24) is 0 Å². The summed E-state index contributed by atoms with van der Waals surface area (Å²) in [6.07, 6.45) is 82.7. The van der Waals surface area contributed by atoms with E-state index in [1.807, 2.05) is 0 Å². The lowest BCUT2D eigenvalue weighted by Crippen LogP contribution is -2.30. The maximum Gasteiger partial charge on any atom is 0.306 e. The van der Waals surface area contributed by atoms with Crippen LogP contribution in [0, 0.1) is 0 Å². The van der Waals surface area contributed by atoms with Crippen LogP contribution in [0.2, 0.25) is 0 Å². The Morgan fingerprint density at radius 1 is 0.260 bits per heavy atom. The number of unbranched alkanes of at least 4 members (excludes halogenated alkanes) is 44. The first-order valence-electron chi connectivity index (χ1n) is 34.1. The van der Waals surface area contributed by atoms with E-state index in [9.17, 15) is 14.4 Å². The van der Waals surface area contributed by atoms with E-state index in [1.54, 1.807) is 0 Å². The normalized spacial score (nSPS) is 12.3. The molecule has 450 valence electrons. The van der Waals surface area contributed by atoms with Crippen molar-refractivity contribution < 1.29 is 28.6 Å². The van der Waals surface area contributed by atoms with Crippen LogP contribution in [0.5, 0.6) is 0 Å². The molecule has 0 saturated heterocycles. The van der Waals surface area contributed by atoms with Crippen LogP contribution in [0.25, 0.3) is 0 Å². The van der Waals surface area contributed by atoms with Gasteiger partial charge in [-0.2, -0.15) is 0 Å². The molecule has 0 saturated carbocycles. The molecule has 0 heterocycles. The van der Waals surface area contributed by atoms with Crippen molar-refractivity contribution in [3.63, 3.8) is 0 Å². The highest BCUT2D eigenvalue weighted by Gasteiger charge is 2.19. The van der Waals surface area contributed by atoms with Crippen LogP contribution in [-0.2, 0) is 28.6 Å².